The van der Waals surface area contributed by atoms with Crippen LogP contribution >= 0.6 is 0 Å². The van der Waals surface area contributed by atoms with E-state index in [9.17, 15) is 5.11 Å². The Morgan fingerprint density at radius 2 is 1.92 bits per heavy atom. The van der Waals surface area contributed by atoms with Crippen molar-refractivity contribution < 1.29 is 9.84 Å². The van der Waals surface area contributed by atoms with Gasteiger partial charge in [0.1, 0.15) is 5.75 Å². The number of aromatic nitrogens is 3. The first kappa shape index (κ1) is 18.2. The van der Waals surface area contributed by atoms with Crippen LogP contribution < -0.4 is 15.4 Å². The first-order valence-electron chi connectivity index (χ1n) is 9.10. The molecule has 1 atom stereocenters. The fraction of sp³-hybridized carbons (Fsp3) is 0.500. The molecule has 2 heterocycles. The lowest BCUT2D eigenvalue weighted by molar-refractivity contribution is 0.276. The summed E-state index contributed by atoms with van der Waals surface area (Å²) in [5.74, 6) is 1.10. The molecule has 0 spiro atoms. The topological polar surface area (TPSA) is 95.4 Å². The van der Waals surface area contributed by atoms with Gasteiger partial charge in [-0.2, -0.15) is 15.0 Å². The zero-order valence-corrected chi connectivity index (χ0v) is 15.3. The van der Waals surface area contributed by atoms with E-state index >= 15 is 0 Å². The lowest BCUT2D eigenvalue weighted by Gasteiger charge is -2.22. The Hall–Kier alpha value is -2.61. The van der Waals surface area contributed by atoms with Crippen molar-refractivity contribution in [1.29, 1.82) is 0 Å². The van der Waals surface area contributed by atoms with Crippen LogP contribution in [0.2, 0.25) is 0 Å². The zero-order valence-electron chi connectivity index (χ0n) is 15.3. The third-order valence-electron chi connectivity index (χ3n) is 4.41. The Labute approximate surface area is 153 Å². The lowest BCUT2D eigenvalue weighted by atomic mass is 10.2. The number of likely N-dealkylation sites (tertiary alicyclic amines) is 1. The van der Waals surface area contributed by atoms with Crippen molar-refractivity contribution in [3.05, 3.63) is 24.3 Å². The van der Waals surface area contributed by atoms with Crippen LogP contribution in [0, 0.1) is 0 Å². The van der Waals surface area contributed by atoms with Crippen LogP contribution in [0.3, 0.4) is 0 Å². The number of hydrogen-bond donors (Lipinski definition) is 3. The highest BCUT2D eigenvalue weighted by Gasteiger charge is 2.23. The average Bonchev–Trinajstić information content (AvgIpc) is 3.10. The summed E-state index contributed by atoms with van der Waals surface area (Å²) in [6.45, 7) is 7.56. The van der Waals surface area contributed by atoms with E-state index in [1.54, 1.807) is 24.3 Å². The molecule has 1 aliphatic rings. The van der Waals surface area contributed by atoms with Gasteiger partial charge in [0.05, 0.1) is 6.61 Å². The Morgan fingerprint density at radius 1 is 1.15 bits per heavy atom. The van der Waals surface area contributed by atoms with Gasteiger partial charge < -0.3 is 20.5 Å². The number of hydrogen-bond acceptors (Lipinski definition) is 8. The van der Waals surface area contributed by atoms with E-state index in [4.69, 9.17) is 4.74 Å². The summed E-state index contributed by atoms with van der Waals surface area (Å²) in [6, 6.07) is 7.50. The molecule has 26 heavy (non-hydrogen) atoms. The molecule has 0 bridgehead atoms. The first-order valence-corrected chi connectivity index (χ1v) is 9.10. The van der Waals surface area contributed by atoms with Crippen molar-refractivity contribution in [2.75, 3.05) is 36.9 Å². The summed E-state index contributed by atoms with van der Waals surface area (Å²) < 4.78 is 5.47. The second kappa shape index (κ2) is 8.66. The summed E-state index contributed by atoms with van der Waals surface area (Å²) in [7, 11) is 0. The predicted octanol–water partition coefficient (Wildman–Crippen LogP) is 2.62. The van der Waals surface area contributed by atoms with Crippen molar-refractivity contribution in [2.24, 2.45) is 0 Å². The second-order valence-electron chi connectivity index (χ2n) is 6.18. The van der Waals surface area contributed by atoms with Crippen LogP contribution in [-0.4, -0.2) is 57.2 Å². The Kier molecular flexibility index (Phi) is 6.06. The summed E-state index contributed by atoms with van der Waals surface area (Å²) >= 11 is 0. The number of anilines is 3. The van der Waals surface area contributed by atoms with Gasteiger partial charge in [0.2, 0.25) is 11.9 Å². The molecule has 1 unspecified atom stereocenters. The lowest BCUT2D eigenvalue weighted by Crippen LogP contribution is -2.35. The van der Waals surface area contributed by atoms with Crippen LogP contribution in [0.5, 0.6) is 11.8 Å². The molecule has 1 fully saturated rings. The van der Waals surface area contributed by atoms with Crippen LogP contribution in [0.25, 0.3) is 0 Å². The van der Waals surface area contributed by atoms with E-state index in [2.05, 4.69) is 37.4 Å². The molecule has 0 aliphatic carbocycles. The van der Waals surface area contributed by atoms with E-state index in [1.807, 2.05) is 6.92 Å². The van der Waals surface area contributed by atoms with Gasteiger partial charge in [-0.3, -0.25) is 4.90 Å². The summed E-state index contributed by atoms with van der Waals surface area (Å²) in [6.07, 6.45) is 2.41. The minimum absolute atomic E-state index is 0.209. The quantitative estimate of drug-likeness (QED) is 0.620. The molecule has 140 valence electrons. The van der Waals surface area contributed by atoms with Gasteiger partial charge in [-0.15, -0.1) is 0 Å². The predicted molar refractivity (Wildman–Crippen MR) is 101 cm³/mol. The molecule has 1 saturated heterocycles. The number of ether oxygens (including phenoxy) is 1. The zero-order chi connectivity index (χ0) is 18.4. The third kappa shape index (κ3) is 4.72. The largest absolute Gasteiger partial charge is 0.508 e. The van der Waals surface area contributed by atoms with E-state index in [-0.39, 0.29) is 11.8 Å². The Morgan fingerprint density at radius 3 is 2.65 bits per heavy atom. The van der Waals surface area contributed by atoms with E-state index < -0.39 is 0 Å². The maximum absolute atomic E-state index is 9.39. The third-order valence-corrected chi connectivity index (χ3v) is 4.41. The van der Waals surface area contributed by atoms with Crippen molar-refractivity contribution in [3.63, 3.8) is 0 Å². The van der Waals surface area contributed by atoms with Gasteiger partial charge in [0.25, 0.3) is 0 Å². The minimum Gasteiger partial charge on any atom is -0.508 e. The monoisotopic (exact) mass is 358 g/mol. The fourth-order valence-electron chi connectivity index (χ4n) is 3.11. The minimum atomic E-state index is 0.209. The van der Waals surface area contributed by atoms with Crippen molar-refractivity contribution in [1.82, 2.24) is 19.9 Å². The van der Waals surface area contributed by atoms with Gasteiger partial charge in [0, 0.05) is 18.3 Å². The molecule has 1 aliphatic heterocycles. The summed E-state index contributed by atoms with van der Waals surface area (Å²) in [5, 5.41) is 15.8. The number of phenolic OH excluding ortho intramolecular Hbond substituents is 1. The van der Waals surface area contributed by atoms with Gasteiger partial charge in [-0.25, -0.2) is 0 Å². The average molecular weight is 358 g/mol. The number of likely N-dealkylation sites (N-methyl/N-ethyl adjacent to an activating group) is 1. The highest BCUT2D eigenvalue weighted by atomic mass is 16.5. The number of rotatable bonds is 8. The van der Waals surface area contributed by atoms with Gasteiger partial charge >= 0.3 is 6.01 Å². The highest BCUT2D eigenvalue weighted by Crippen LogP contribution is 2.20. The Bertz CT molecular complexity index is 709. The second-order valence-corrected chi connectivity index (χ2v) is 6.18. The van der Waals surface area contributed by atoms with Crippen LogP contribution in [0.1, 0.15) is 26.7 Å². The van der Waals surface area contributed by atoms with Gasteiger partial charge in [-0.1, -0.05) is 6.92 Å². The highest BCUT2D eigenvalue weighted by molar-refractivity contribution is 5.55. The number of phenols is 1. The van der Waals surface area contributed by atoms with Crippen LogP contribution in [-0.2, 0) is 0 Å². The van der Waals surface area contributed by atoms with Crippen LogP contribution in [0.15, 0.2) is 24.3 Å². The fourth-order valence-corrected chi connectivity index (χ4v) is 3.11. The number of benzene rings is 1. The smallest absolute Gasteiger partial charge is 0.323 e. The molecule has 3 rings (SSSR count). The Balaban J connectivity index is 1.71. The standard InChI is InChI=1S/C18H26N6O2/c1-3-24-11-5-6-14(24)12-19-16-21-17(23-18(22-16)26-4-2)20-13-7-9-15(25)10-8-13/h7-10,14,25H,3-6,11-12H2,1-2H3,(H2,19,20,21,22,23). The van der Waals surface area contributed by atoms with Crippen molar-refractivity contribution in [2.45, 2.75) is 32.7 Å². The molecule has 0 saturated carbocycles. The molecule has 1 aromatic heterocycles. The molecule has 1 aromatic carbocycles. The molecular formula is C18H26N6O2. The van der Waals surface area contributed by atoms with Crippen LogP contribution in [0.4, 0.5) is 17.6 Å². The maximum Gasteiger partial charge on any atom is 0.323 e. The summed E-state index contributed by atoms with van der Waals surface area (Å²) in [4.78, 5) is 15.5. The molecule has 3 N–H and O–H groups in total. The number of nitrogens with zero attached hydrogens (tertiary/aromatic N) is 4. The molecular weight excluding hydrogens is 332 g/mol. The molecule has 8 nitrogen and oxygen atoms in total. The summed E-state index contributed by atoms with van der Waals surface area (Å²) in [5.41, 5.74) is 0.773. The van der Waals surface area contributed by atoms with Crippen molar-refractivity contribution in [3.8, 4) is 11.8 Å². The molecule has 2 aromatic rings. The van der Waals surface area contributed by atoms with E-state index in [1.165, 1.54) is 12.8 Å². The molecule has 0 radical (unpaired) electrons. The van der Waals surface area contributed by atoms with Crippen molar-refractivity contribution >= 4 is 17.6 Å². The number of nitrogens with one attached hydrogen (secondary N) is 2. The molecule has 8 heteroatoms. The normalized spacial score (nSPS) is 17.2. The number of aromatic hydroxyl groups is 1. The SMILES string of the molecule is CCOc1nc(NCC2CCCN2CC)nc(Nc2ccc(O)cc2)n1. The molecule has 0 amide bonds. The van der Waals surface area contributed by atoms with Gasteiger partial charge in [0.15, 0.2) is 0 Å². The van der Waals surface area contributed by atoms with E-state index in [0.717, 1.165) is 25.3 Å². The van der Waals surface area contributed by atoms with Gasteiger partial charge in [-0.05, 0) is 57.1 Å². The maximum atomic E-state index is 9.39. The first-order chi connectivity index (χ1) is 12.7. The van der Waals surface area contributed by atoms with E-state index in [0.29, 0.717) is 24.5 Å².